The Hall–Kier alpha value is -1.24. The molecule has 5 nitrogen and oxygen atoms in total. The van der Waals surface area contributed by atoms with Crippen LogP contribution in [0.2, 0.25) is 0 Å². The first-order valence-corrected chi connectivity index (χ1v) is 7.91. The molecule has 4 heterocycles. The third-order valence-corrected chi connectivity index (χ3v) is 4.85. The van der Waals surface area contributed by atoms with E-state index in [1.165, 1.54) is 5.56 Å². The van der Waals surface area contributed by atoms with Gasteiger partial charge in [0.05, 0.1) is 6.10 Å². The van der Waals surface area contributed by atoms with E-state index in [1.54, 1.807) is 11.3 Å². The van der Waals surface area contributed by atoms with Gasteiger partial charge in [-0.15, -0.1) is 0 Å². The first-order chi connectivity index (χ1) is 9.78. The molecule has 2 saturated heterocycles. The van der Waals surface area contributed by atoms with Crippen LogP contribution in [0.15, 0.2) is 21.3 Å². The average Bonchev–Trinajstić information content (AvgIpc) is 3.12. The predicted molar refractivity (Wildman–Crippen MR) is 74.4 cm³/mol. The van der Waals surface area contributed by atoms with E-state index in [2.05, 4.69) is 31.9 Å². The highest BCUT2D eigenvalue weighted by Crippen LogP contribution is 2.40. The zero-order chi connectivity index (χ0) is 13.5. The Morgan fingerprint density at radius 2 is 2.40 bits per heavy atom. The standard InChI is InChI=1S/C14H17N3O2S/c1-9-15-14(19-16-9)12-4-11-6-17(7-13(11)18-12)5-10-2-3-20-8-10/h2-3,8,11-13H,4-7H2,1H3/t11-,12-,13+/m0/s1. The molecule has 0 unspecified atom stereocenters. The Morgan fingerprint density at radius 1 is 1.45 bits per heavy atom. The lowest BCUT2D eigenvalue weighted by molar-refractivity contribution is 0.0198. The summed E-state index contributed by atoms with van der Waals surface area (Å²) in [6.45, 7) is 4.98. The molecule has 4 rings (SSSR count). The molecule has 0 spiro atoms. The average molecular weight is 291 g/mol. The van der Waals surface area contributed by atoms with Gasteiger partial charge >= 0.3 is 0 Å². The molecular weight excluding hydrogens is 274 g/mol. The van der Waals surface area contributed by atoms with Crippen LogP contribution in [0, 0.1) is 12.8 Å². The van der Waals surface area contributed by atoms with E-state index in [4.69, 9.17) is 9.26 Å². The van der Waals surface area contributed by atoms with Crippen molar-refractivity contribution in [2.45, 2.75) is 32.1 Å². The Bertz CT molecular complexity index is 569. The van der Waals surface area contributed by atoms with Crippen molar-refractivity contribution >= 4 is 11.3 Å². The number of rotatable bonds is 3. The lowest BCUT2D eigenvalue weighted by atomic mass is 10.0. The number of ether oxygens (including phenoxy) is 1. The molecule has 106 valence electrons. The van der Waals surface area contributed by atoms with Crippen molar-refractivity contribution in [1.29, 1.82) is 0 Å². The minimum Gasteiger partial charge on any atom is -0.363 e. The van der Waals surface area contributed by atoms with Crippen molar-refractivity contribution < 1.29 is 9.26 Å². The Kier molecular flexibility index (Phi) is 3.09. The van der Waals surface area contributed by atoms with E-state index < -0.39 is 0 Å². The second-order valence-electron chi connectivity index (χ2n) is 5.66. The molecule has 0 aromatic carbocycles. The van der Waals surface area contributed by atoms with Gasteiger partial charge in [-0.05, 0) is 35.7 Å². The topological polar surface area (TPSA) is 51.4 Å². The predicted octanol–water partition coefficient (Wildman–Crippen LogP) is 2.40. The van der Waals surface area contributed by atoms with E-state index >= 15 is 0 Å². The first kappa shape index (κ1) is 12.5. The van der Waals surface area contributed by atoms with Gasteiger partial charge in [0.1, 0.15) is 6.10 Å². The smallest absolute Gasteiger partial charge is 0.255 e. The van der Waals surface area contributed by atoms with Crippen molar-refractivity contribution in [2.24, 2.45) is 5.92 Å². The molecule has 0 aliphatic carbocycles. The summed E-state index contributed by atoms with van der Waals surface area (Å²) < 4.78 is 11.3. The second-order valence-corrected chi connectivity index (χ2v) is 6.44. The third kappa shape index (κ3) is 2.28. The summed E-state index contributed by atoms with van der Waals surface area (Å²) in [5.41, 5.74) is 1.40. The van der Waals surface area contributed by atoms with E-state index in [-0.39, 0.29) is 6.10 Å². The fraction of sp³-hybridized carbons (Fsp3) is 0.571. The van der Waals surface area contributed by atoms with Crippen LogP contribution in [0.3, 0.4) is 0 Å². The highest BCUT2D eigenvalue weighted by atomic mass is 32.1. The van der Waals surface area contributed by atoms with Crippen LogP contribution in [0.5, 0.6) is 0 Å². The number of hydrogen-bond donors (Lipinski definition) is 0. The molecule has 2 aliphatic rings. The molecular formula is C14H17N3O2S. The molecule has 20 heavy (non-hydrogen) atoms. The number of hydrogen-bond acceptors (Lipinski definition) is 6. The summed E-state index contributed by atoms with van der Waals surface area (Å²) >= 11 is 1.76. The highest BCUT2D eigenvalue weighted by Gasteiger charge is 2.44. The molecule has 2 aromatic rings. The maximum atomic E-state index is 6.10. The summed E-state index contributed by atoms with van der Waals surface area (Å²) in [4.78, 5) is 6.76. The molecule has 0 amide bonds. The largest absolute Gasteiger partial charge is 0.363 e. The summed E-state index contributed by atoms with van der Waals surface area (Å²) in [5, 5.41) is 8.20. The van der Waals surface area contributed by atoms with Crippen molar-refractivity contribution in [3.63, 3.8) is 0 Å². The minimum atomic E-state index is -0.00509. The number of aryl methyl sites for hydroxylation is 1. The van der Waals surface area contributed by atoms with Crippen LogP contribution in [-0.2, 0) is 11.3 Å². The lowest BCUT2D eigenvalue weighted by Crippen LogP contribution is -2.23. The minimum absolute atomic E-state index is 0.00509. The van der Waals surface area contributed by atoms with E-state index in [9.17, 15) is 0 Å². The maximum absolute atomic E-state index is 6.10. The number of thiophene rings is 1. The molecule has 0 saturated carbocycles. The number of aromatic nitrogens is 2. The quantitative estimate of drug-likeness (QED) is 0.869. The van der Waals surface area contributed by atoms with Gasteiger partial charge in [0.2, 0.25) is 0 Å². The molecule has 6 heteroatoms. The third-order valence-electron chi connectivity index (χ3n) is 4.12. The van der Waals surface area contributed by atoms with Gasteiger partial charge in [-0.25, -0.2) is 0 Å². The van der Waals surface area contributed by atoms with Crippen molar-refractivity contribution in [3.8, 4) is 0 Å². The zero-order valence-electron chi connectivity index (χ0n) is 11.4. The van der Waals surface area contributed by atoms with Crippen LogP contribution < -0.4 is 0 Å². The number of nitrogens with zero attached hydrogens (tertiary/aromatic N) is 3. The summed E-state index contributed by atoms with van der Waals surface area (Å²) in [7, 11) is 0. The normalized spacial score (nSPS) is 29.9. The van der Waals surface area contributed by atoms with Crippen LogP contribution >= 0.6 is 11.3 Å². The molecule has 0 bridgehead atoms. The SMILES string of the molecule is Cc1noc([C@@H]2C[C@H]3CN(Cc4ccsc4)C[C@H]3O2)n1. The molecule has 0 radical (unpaired) electrons. The van der Waals surface area contributed by atoms with Crippen molar-refractivity contribution in [3.05, 3.63) is 34.1 Å². The van der Waals surface area contributed by atoms with Crippen LogP contribution in [0.4, 0.5) is 0 Å². The summed E-state index contributed by atoms with van der Waals surface area (Å²) in [6.07, 6.45) is 1.30. The fourth-order valence-electron chi connectivity index (χ4n) is 3.22. The Balaban J connectivity index is 1.38. The Labute approximate surface area is 121 Å². The van der Waals surface area contributed by atoms with Gasteiger partial charge in [-0.1, -0.05) is 5.16 Å². The zero-order valence-corrected chi connectivity index (χ0v) is 12.2. The van der Waals surface area contributed by atoms with Crippen LogP contribution in [-0.4, -0.2) is 34.2 Å². The molecule has 3 atom stereocenters. The first-order valence-electron chi connectivity index (χ1n) is 6.97. The molecule has 2 aromatic heterocycles. The van der Waals surface area contributed by atoms with Gasteiger partial charge in [0.25, 0.3) is 5.89 Å². The van der Waals surface area contributed by atoms with Crippen LogP contribution in [0.1, 0.15) is 29.8 Å². The van der Waals surface area contributed by atoms with Crippen LogP contribution in [0.25, 0.3) is 0 Å². The lowest BCUT2D eigenvalue weighted by Gasteiger charge is -2.17. The Morgan fingerprint density at radius 3 is 3.10 bits per heavy atom. The summed E-state index contributed by atoms with van der Waals surface area (Å²) in [5.74, 6) is 1.91. The van der Waals surface area contributed by atoms with Gasteiger partial charge in [-0.3, -0.25) is 4.90 Å². The van der Waals surface area contributed by atoms with Gasteiger partial charge in [-0.2, -0.15) is 16.3 Å². The monoisotopic (exact) mass is 291 g/mol. The number of likely N-dealkylation sites (tertiary alicyclic amines) is 1. The summed E-state index contributed by atoms with van der Waals surface area (Å²) in [6, 6.07) is 2.20. The van der Waals surface area contributed by atoms with E-state index in [1.807, 2.05) is 6.92 Å². The highest BCUT2D eigenvalue weighted by molar-refractivity contribution is 7.07. The second kappa shape index (κ2) is 4.95. The molecule has 2 aliphatic heterocycles. The number of fused-ring (bicyclic) bond motifs is 1. The van der Waals surface area contributed by atoms with Gasteiger partial charge in [0.15, 0.2) is 5.82 Å². The van der Waals surface area contributed by atoms with Gasteiger partial charge < -0.3 is 9.26 Å². The van der Waals surface area contributed by atoms with Crippen molar-refractivity contribution in [1.82, 2.24) is 15.0 Å². The fourth-order valence-corrected chi connectivity index (χ4v) is 3.88. The van der Waals surface area contributed by atoms with E-state index in [0.717, 1.165) is 26.1 Å². The maximum Gasteiger partial charge on any atom is 0.255 e. The van der Waals surface area contributed by atoms with E-state index in [0.29, 0.717) is 23.7 Å². The van der Waals surface area contributed by atoms with Gasteiger partial charge in [0, 0.05) is 25.6 Å². The van der Waals surface area contributed by atoms with Crippen molar-refractivity contribution in [2.75, 3.05) is 13.1 Å². The molecule has 2 fully saturated rings. The molecule has 0 N–H and O–H groups in total.